The zero-order valence-electron chi connectivity index (χ0n) is 14.4. The number of nitrogens with zero attached hydrogens (tertiary/aromatic N) is 2. The number of ether oxygens (including phenoxy) is 1. The number of rotatable bonds is 6. The van der Waals surface area contributed by atoms with E-state index in [1.807, 2.05) is 30.3 Å². The summed E-state index contributed by atoms with van der Waals surface area (Å²) < 4.78 is 5.51. The number of aromatic nitrogens is 1. The van der Waals surface area contributed by atoms with E-state index in [4.69, 9.17) is 4.74 Å². The zero-order valence-corrected chi connectivity index (χ0v) is 14.4. The van der Waals surface area contributed by atoms with Gasteiger partial charge in [-0.1, -0.05) is 18.2 Å². The third-order valence-electron chi connectivity index (χ3n) is 4.42. The Balaban J connectivity index is 1.62. The number of para-hydroxylation sites is 1. The van der Waals surface area contributed by atoms with Crippen molar-refractivity contribution in [2.45, 2.75) is 12.5 Å². The molecule has 1 saturated heterocycles. The van der Waals surface area contributed by atoms with Gasteiger partial charge in [0.15, 0.2) is 0 Å². The van der Waals surface area contributed by atoms with E-state index in [0.717, 1.165) is 36.6 Å². The van der Waals surface area contributed by atoms with Gasteiger partial charge in [-0.3, -0.25) is 14.7 Å². The molecular weight excluding hydrogens is 316 g/mol. The Morgan fingerprint density at radius 3 is 3.04 bits per heavy atom. The van der Waals surface area contributed by atoms with Crippen LogP contribution < -0.4 is 15.4 Å². The van der Waals surface area contributed by atoms with Crippen LogP contribution in [0.15, 0.2) is 48.8 Å². The highest BCUT2D eigenvalue weighted by molar-refractivity contribution is 5.90. The van der Waals surface area contributed by atoms with Crippen molar-refractivity contribution in [2.24, 2.45) is 0 Å². The fraction of sp³-hybridized carbons (Fsp3) is 0.368. The quantitative estimate of drug-likeness (QED) is 0.843. The maximum absolute atomic E-state index is 12.2. The Kier molecular flexibility index (Phi) is 5.98. The monoisotopic (exact) mass is 340 g/mol. The van der Waals surface area contributed by atoms with Crippen LogP contribution in [-0.2, 0) is 4.79 Å². The molecule has 0 aliphatic carbocycles. The standard InChI is InChI=1S/C19H24N4O2/c1-25-18-7-3-2-6-16(18)17-14-21-10-12-23(17)11-8-19(24)22-15-5-4-9-20-13-15/h2-7,9,13,17,21H,8,10-12,14H2,1H3,(H,22,24). The summed E-state index contributed by atoms with van der Waals surface area (Å²) in [6.45, 7) is 3.39. The van der Waals surface area contributed by atoms with E-state index in [-0.39, 0.29) is 11.9 Å². The Morgan fingerprint density at radius 1 is 1.36 bits per heavy atom. The van der Waals surface area contributed by atoms with Crippen molar-refractivity contribution in [3.8, 4) is 5.75 Å². The van der Waals surface area contributed by atoms with Crippen molar-refractivity contribution in [1.29, 1.82) is 0 Å². The first kappa shape index (κ1) is 17.4. The molecule has 1 atom stereocenters. The number of carbonyl (C=O) groups is 1. The van der Waals surface area contributed by atoms with Crippen molar-refractivity contribution in [1.82, 2.24) is 15.2 Å². The van der Waals surface area contributed by atoms with Crippen LogP contribution in [0.25, 0.3) is 0 Å². The average Bonchev–Trinajstić information content (AvgIpc) is 2.67. The summed E-state index contributed by atoms with van der Waals surface area (Å²) in [7, 11) is 1.70. The number of piperazine rings is 1. The first-order valence-corrected chi connectivity index (χ1v) is 8.55. The summed E-state index contributed by atoms with van der Waals surface area (Å²) in [6, 6.07) is 11.9. The predicted molar refractivity (Wildman–Crippen MR) is 97.7 cm³/mol. The minimum absolute atomic E-state index is 0.00492. The lowest BCUT2D eigenvalue weighted by Crippen LogP contribution is -2.46. The van der Waals surface area contributed by atoms with Crippen LogP contribution in [0, 0.1) is 0 Å². The maximum atomic E-state index is 12.2. The van der Waals surface area contributed by atoms with E-state index in [0.29, 0.717) is 13.0 Å². The Labute approximate surface area is 148 Å². The summed E-state index contributed by atoms with van der Waals surface area (Å²) in [5.74, 6) is 0.895. The lowest BCUT2D eigenvalue weighted by atomic mass is 10.0. The van der Waals surface area contributed by atoms with E-state index in [2.05, 4.69) is 26.6 Å². The molecule has 25 heavy (non-hydrogen) atoms. The zero-order chi connectivity index (χ0) is 17.5. The molecular formula is C19H24N4O2. The number of carbonyl (C=O) groups excluding carboxylic acids is 1. The van der Waals surface area contributed by atoms with Gasteiger partial charge in [0.25, 0.3) is 0 Å². The molecule has 6 nitrogen and oxygen atoms in total. The second-order valence-electron chi connectivity index (χ2n) is 6.04. The smallest absolute Gasteiger partial charge is 0.225 e. The van der Waals surface area contributed by atoms with E-state index in [1.165, 1.54) is 0 Å². The number of methoxy groups -OCH3 is 1. The van der Waals surface area contributed by atoms with Gasteiger partial charge in [-0.25, -0.2) is 0 Å². The highest BCUT2D eigenvalue weighted by Crippen LogP contribution is 2.30. The largest absolute Gasteiger partial charge is 0.496 e. The molecule has 1 amide bonds. The normalized spacial score (nSPS) is 17.9. The topological polar surface area (TPSA) is 66.5 Å². The molecule has 0 bridgehead atoms. The fourth-order valence-corrected chi connectivity index (χ4v) is 3.17. The molecule has 1 aliphatic rings. The van der Waals surface area contributed by atoms with Crippen LogP contribution in [0.1, 0.15) is 18.0 Å². The van der Waals surface area contributed by atoms with Crippen LogP contribution in [0.5, 0.6) is 5.75 Å². The van der Waals surface area contributed by atoms with Gasteiger partial charge in [0.2, 0.25) is 5.91 Å². The van der Waals surface area contributed by atoms with E-state index >= 15 is 0 Å². The summed E-state index contributed by atoms with van der Waals surface area (Å²) in [4.78, 5) is 18.6. The Morgan fingerprint density at radius 2 is 2.24 bits per heavy atom. The third-order valence-corrected chi connectivity index (χ3v) is 4.42. The minimum atomic E-state index is 0.00492. The summed E-state index contributed by atoms with van der Waals surface area (Å²) in [5, 5.41) is 6.33. The third kappa shape index (κ3) is 4.55. The molecule has 3 rings (SSSR count). The summed E-state index contributed by atoms with van der Waals surface area (Å²) >= 11 is 0. The van der Waals surface area contributed by atoms with Crippen LogP contribution in [0.4, 0.5) is 5.69 Å². The van der Waals surface area contributed by atoms with Gasteiger partial charge in [-0.05, 0) is 18.2 Å². The van der Waals surface area contributed by atoms with Gasteiger partial charge >= 0.3 is 0 Å². The highest BCUT2D eigenvalue weighted by Gasteiger charge is 2.26. The van der Waals surface area contributed by atoms with Gasteiger partial charge in [0.05, 0.1) is 25.0 Å². The average molecular weight is 340 g/mol. The van der Waals surface area contributed by atoms with E-state index in [9.17, 15) is 4.79 Å². The maximum Gasteiger partial charge on any atom is 0.225 e. The van der Waals surface area contributed by atoms with Gasteiger partial charge in [0.1, 0.15) is 5.75 Å². The fourth-order valence-electron chi connectivity index (χ4n) is 3.17. The van der Waals surface area contributed by atoms with Crippen molar-refractivity contribution >= 4 is 11.6 Å². The molecule has 132 valence electrons. The molecule has 0 spiro atoms. The minimum Gasteiger partial charge on any atom is -0.496 e. The SMILES string of the molecule is COc1ccccc1C1CNCCN1CCC(=O)Nc1cccnc1. The molecule has 1 aromatic heterocycles. The molecule has 0 saturated carbocycles. The first-order chi connectivity index (χ1) is 12.3. The molecule has 2 N–H and O–H groups in total. The molecule has 1 unspecified atom stereocenters. The molecule has 1 fully saturated rings. The lowest BCUT2D eigenvalue weighted by molar-refractivity contribution is -0.116. The van der Waals surface area contributed by atoms with Crippen LogP contribution in [0.2, 0.25) is 0 Å². The van der Waals surface area contributed by atoms with Gasteiger partial charge in [-0.15, -0.1) is 0 Å². The van der Waals surface area contributed by atoms with Crippen LogP contribution in [-0.4, -0.2) is 49.1 Å². The number of amides is 1. The predicted octanol–water partition coefficient (Wildman–Crippen LogP) is 2.07. The van der Waals surface area contributed by atoms with Crippen molar-refractivity contribution in [2.75, 3.05) is 38.6 Å². The van der Waals surface area contributed by atoms with Crippen molar-refractivity contribution in [3.05, 3.63) is 54.4 Å². The number of nitrogens with one attached hydrogen (secondary N) is 2. The molecule has 0 radical (unpaired) electrons. The van der Waals surface area contributed by atoms with Gasteiger partial charge in [0, 0.05) is 44.4 Å². The number of pyridine rings is 1. The highest BCUT2D eigenvalue weighted by atomic mass is 16.5. The number of hydrogen-bond donors (Lipinski definition) is 2. The van der Waals surface area contributed by atoms with Gasteiger partial charge in [-0.2, -0.15) is 0 Å². The van der Waals surface area contributed by atoms with E-state index in [1.54, 1.807) is 19.5 Å². The summed E-state index contributed by atoms with van der Waals surface area (Å²) in [5.41, 5.74) is 1.89. The first-order valence-electron chi connectivity index (χ1n) is 8.55. The van der Waals surface area contributed by atoms with Gasteiger partial charge < -0.3 is 15.4 Å². The number of benzene rings is 1. The second-order valence-corrected chi connectivity index (χ2v) is 6.04. The van der Waals surface area contributed by atoms with Crippen LogP contribution >= 0.6 is 0 Å². The molecule has 2 aromatic rings. The Hall–Kier alpha value is -2.44. The van der Waals surface area contributed by atoms with E-state index < -0.39 is 0 Å². The number of hydrogen-bond acceptors (Lipinski definition) is 5. The molecule has 2 heterocycles. The molecule has 1 aromatic carbocycles. The molecule has 1 aliphatic heterocycles. The lowest BCUT2D eigenvalue weighted by Gasteiger charge is -2.37. The van der Waals surface area contributed by atoms with Crippen molar-refractivity contribution in [3.63, 3.8) is 0 Å². The second kappa shape index (κ2) is 8.60. The Bertz CT molecular complexity index is 693. The molecule has 6 heteroatoms. The van der Waals surface area contributed by atoms with Crippen LogP contribution in [0.3, 0.4) is 0 Å². The summed E-state index contributed by atoms with van der Waals surface area (Å²) in [6.07, 6.45) is 3.79. The number of anilines is 1. The van der Waals surface area contributed by atoms with Crippen molar-refractivity contribution < 1.29 is 9.53 Å².